The number of benzene rings is 1. The molecule has 0 amide bonds. The van der Waals surface area contributed by atoms with E-state index in [0.29, 0.717) is 5.25 Å². The van der Waals surface area contributed by atoms with Crippen molar-refractivity contribution in [2.75, 3.05) is 7.05 Å². The van der Waals surface area contributed by atoms with Gasteiger partial charge in [0.05, 0.1) is 0 Å². The Hall–Kier alpha value is 0.01000. The molecule has 78 valence electrons. The van der Waals surface area contributed by atoms with Crippen LogP contribution in [0, 0.1) is 0 Å². The van der Waals surface area contributed by atoms with Crippen LogP contribution in [0.1, 0.15) is 19.4 Å². The molecule has 0 heterocycles. The Morgan fingerprint density at radius 1 is 1.43 bits per heavy atom. The number of rotatable bonds is 4. The average molecular weight is 274 g/mol. The van der Waals surface area contributed by atoms with Gasteiger partial charge in [0.2, 0.25) is 0 Å². The smallest absolute Gasteiger partial charge is 0.0231 e. The normalized spacial score (nSPS) is 10.9. The summed E-state index contributed by atoms with van der Waals surface area (Å²) in [7, 11) is 1.96. The molecule has 0 aliphatic heterocycles. The number of thioether (sulfide) groups is 1. The largest absolute Gasteiger partial charge is 0.316 e. The van der Waals surface area contributed by atoms with Crippen LogP contribution in [-0.4, -0.2) is 12.3 Å². The summed E-state index contributed by atoms with van der Waals surface area (Å²) < 4.78 is 1.19. The van der Waals surface area contributed by atoms with E-state index in [0.717, 1.165) is 6.54 Å². The van der Waals surface area contributed by atoms with Crippen molar-refractivity contribution in [2.45, 2.75) is 30.5 Å². The minimum Gasteiger partial charge on any atom is -0.316 e. The molecule has 0 fully saturated rings. The van der Waals surface area contributed by atoms with Crippen molar-refractivity contribution < 1.29 is 0 Å². The van der Waals surface area contributed by atoms with Gasteiger partial charge in [-0.2, -0.15) is 0 Å². The van der Waals surface area contributed by atoms with Crippen molar-refractivity contribution >= 4 is 27.7 Å². The van der Waals surface area contributed by atoms with E-state index in [4.69, 9.17) is 0 Å². The third-order valence-electron chi connectivity index (χ3n) is 1.76. The number of hydrogen-bond acceptors (Lipinski definition) is 2. The molecule has 1 aromatic carbocycles. The molecule has 0 unspecified atom stereocenters. The maximum Gasteiger partial charge on any atom is 0.0231 e. The van der Waals surface area contributed by atoms with Crippen molar-refractivity contribution in [3.05, 3.63) is 28.2 Å². The fourth-order valence-electron chi connectivity index (χ4n) is 1.21. The molecule has 0 saturated carbocycles. The standard InChI is InChI=1S/C11H16BrNS/c1-8(2)14-10-5-4-9(7-13-3)11(12)6-10/h4-6,8,13H,7H2,1-3H3. The minimum atomic E-state index is 0.636. The lowest BCUT2D eigenvalue weighted by Gasteiger charge is -2.08. The van der Waals surface area contributed by atoms with Gasteiger partial charge in [0.25, 0.3) is 0 Å². The summed E-state index contributed by atoms with van der Waals surface area (Å²) in [5, 5.41) is 3.78. The highest BCUT2D eigenvalue weighted by atomic mass is 79.9. The highest BCUT2D eigenvalue weighted by Crippen LogP contribution is 2.27. The Morgan fingerprint density at radius 3 is 2.64 bits per heavy atom. The highest BCUT2D eigenvalue weighted by Gasteiger charge is 2.02. The lowest BCUT2D eigenvalue weighted by atomic mass is 10.2. The topological polar surface area (TPSA) is 12.0 Å². The first kappa shape index (κ1) is 12.1. The molecule has 0 aliphatic rings. The van der Waals surface area contributed by atoms with Crippen LogP contribution in [0.5, 0.6) is 0 Å². The third-order valence-corrected chi connectivity index (χ3v) is 3.50. The zero-order valence-corrected chi connectivity index (χ0v) is 11.2. The molecule has 1 aromatic rings. The lowest BCUT2D eigenvalue weighted by Crippen LogP contribution is -2.05. The minimum absolute atomic E-state index is 0.636. The second-order valence-electron chi connectivity index (χ2n) is 3.45. The molecule has 1 N–H and O–H groups in total. The zero-order chi connectivity index (χ0) is 10.6. The number of nitrogens with one attached hydrogen (secondary N) is 1. The summed E-state index contributed by atoms with van der Waals surface area (Å²) in [5.74, 6) is 0. The van der Waals surface area contributed by atoms with Crippen LogP contribution in [0.4, 0.5) is 0 Å². The Bertz CT molecular complexity index is 299. The first-order valence-corrected chi connectivity index (χ1v) is 6.40. The van der Waals surface area contributed by atoms with Crippen molar-refractivity contribution in [2.24, 2.45) is 0 Å². The summed E-state index contributed by atoms with van der Waals surface area (Å²) >= 11 is 5.47. The van der Waals surface area contributed by atoms with Gasteiger partial charge < -0.3 is 5.32 Å². The van der Waals surface area contributed by atoms with E-state index in [1.165, 1.54) is 14.9 Å². The van der Waals surface area contributed by atoms with E-state index in [9.17, 15) is 0 Å². The first-order chi connectivity index (χ1) is 6.63. The fraction of sp³-hybridized carbons (Fsp3) is 0.455. The maximum atomic E-state index is 3.58. The van der Waals surface area contributed by atoms with E-state index in [-0.39, 0.29) is 0 Å². The molecule has 0 saturated heterocycles. The molecule has 0 atom stereocenters. The molecule has 14 heavy (non-hydrogen) atoms. The molecule has 0 bridgehead atoms. The van der Waals surface area contributed by atoms with Gasteiger partial charge in [0.1, 0.15) is 0 Å². The van der Waals surface area contributed by atoms with Gasteiger partial charge in [0.15, 0.2) is 0 Å². The summed E-state index contributed by atoms with van der Waals surface area (Å²) in [5.41, 5.74) is 1.31. The van der Waals surface area contributed by atoms with E-state index in [1.807, 2.05) is 18.8 Å². The molecular weight excluding hydrogens is 258 g/mol. The molecule has 1 rings (SSSR count). The Morgan fingerprint density at radius 2 is 2.14 bits per heavy atom. The predicted molar refractivity (Wildman–Crippen MR) is 67.9 cm³/mol. The Kier molecular flexibility index (Phi) is 4.99. The molecule has 1 nitrogen and oxygen atoms in total. The Labute approximate surface area is 98.8 Å². The van der Waals surface area contributed by atoms with Crippen LogP contribution in [0.25, 0.3) is 0 Å². The van der Waals surface area contributed by atoms with E-state index in [1.54, 1.807) is 0 Å². The Balaban J connectivity index is 2.78. The molecule has 3 heteroatoms. The fourth-order valence-corrected chi connectivity index (χ4v) is 2.75. The third kappa shape index (κ3) is 3.64. The number of halogens is 1. The molecule has 0 radical (unpaired) electrons. The van der Waals surface area contributed by atoms with E-state index in [2.05, 4.69) is 53.3 Å². The quantitative estimate of drug-likeness (QED) is 0.841. The average Bonchev–Trinajstić information content (AvgIpc) is 2.09. The SMILES string of the molecule is CNCc1ccc(SC(C)C)cc1Br. The zero-order valence-electron chi connectivity index (χ0n) is 8.80. The molecule has 0 aliphatic carbocycles. The van der Waals surface area contributed by atoms with Crippen LogP contribution in [0.3, 0.4) is 0 Å². The van der Waals surface area contributed by atoms with Gasteiger partial charge in [-0.25, -0.2) is 0 Å². The highest BCUT2D eigenvalue weighted by molar-refractivity contribution is 9.10. The maximum absolute atomic E-state index is 3.58. The van der Waals surface area contributed by atoms with Crippen molar-refractivity contribution in [3.63, 3.8) is 0 Å². The molecule has 0 spiro atoms. The first-order valence-electron chi connectivity index (χ1n) is 4.73. The second kappa shape index (κ2) is 5.79. The summed E-state index contributed by atoms with van der Waals surface area (Å²) in [4.78, 5) is 1.33. The summed E-state index contributed by atoms with van der Waals surface area (Å²) in [6, 6.07) is 6.55. The van der Waals surface area contributed by atoms with Crippen LogP contribution in [0.15, 0.2) is 27.6 Å². The van der Waals surface area contributed by atoms with Gasteiger partial charge in [-0.3, -0.25) is 0 Å². The second-order valence-corrected chi connectivity index (χ2v) is 5.95. The van der Waals surface area contributed by atoms with Crippen LogP contribution in [0.2, 0.25) is 0 Å². The lowest BCUT2D eigenvalue weighted by molar-refractivity contribution is 0.813. The van der Waals surface area contributed by atoms with Gasteiger partial charge in [-0.15, -0.1) is 11.8 Å². The van der Waals surface area contributed by atoms with E-state index >= 15 is 0 Å². The number of hydrogen-bond donors (Lipinski definition) is 1. The summed E-state index contributed by atoms with van der Waals surface area (Å²) in [6.45, 7) is 5.33. The predicted octanol–water partition coefficient (Wildman–Crippen LogP) is 3.67. The van der Waals surface area contributed by atoms with Gasteiger partial charge in [0, 0.05) is 21.2 Å². The van der Waals surface area contributed by atoms with Crippen LogP contribution in [-0.2, 0) is 6.54 Å². The van der Waals surface area contributed by atoms with Gasteiger partial charge >= 0.3 is 0 Å². The van der Waals surface area contributed by atoms with Gasteiger partial charge in [-0.1, -0.05) is 35.8 Å². The van der Waals surface area contributed by atoms with Crippen molar-refractivity contribution in [1.82, 2.24) is 5.32 Å². The monoisotopic (exact) mass is 273 g/mol. The molecule has 0 aromatic heterocycles. The summed E-state index contributed by atoms with van der Waals surface area (Å²) in [6.07, 6.45) is 0. The van der Waals surface area contributed by atoms with Crippen molar-refractivity contribution in [3.8, 4) is 0 Å². The van der Waals surface area contributed by atoms with Crippen LogP contribution >= 0.6 is 27.7 Å². The van der Waals surface area contributed by atoms with Gasteiger partial charge in [-0.05, 0) is 24.7 Å². The van der Waals surface area contributed by atoms with Crippen molar-refractivity contribution in [1.29, 1.82) is 0 Å². The van der Waals surface area contributed by atoms with Crippen LogP contribution < -0.4 is 5.32 Å². The van der Waals surface area contributed by atoms with E-state index < -0.39 is 0 Å². The molecular formula is C11H16BrNS.